The summed E-state index contributed by atoms with van der Waals surface area (Å²) in [6, 6.07) is 0.150. The molecule has 0 aliphatic carbocycles. The average Bonchev–Trinajstić information content (AvgIpc) is 3.11. The fourth-order valence-electron chi connectivity index (χ4n) is 3.07. The predicted molar refractivity (Wildman–Crippen MR) is 81.1 cm³/mol. The molecule has 0 radical (unpaired) electrons. The van der Waals surface area contributed by atoms with Gasteiger partial charge in [-0.2, -0.15) is 10.2 Å². The summed E-state index contributed by atoms with van der Waals surface area (Å²) in [6.45, 7) is 3.47. The second kappa shape index (κ2) is 5.90. The number of hydrogen-bond donors (Lipinski definition) is 0. The van der Waals surface area contributed by atoms with Gasteiger partial charge in [-0.05, 0) is 25.3 Å². The number of hydrogen-bond acceptors (Lipinski definition) is 4. The van der Waals surface area contributed by atoms with Crippen molar-refractivity contribution in [2.75, 3.05) is 13.6 Å². The second-order valence-corrected chi connectivity index (χ2v) is 6.00. The smallest absolute Gasteiger partial charge is 0.270 e. The van der Waals surface area contributed by atoms with E-state index in [1.54, 1.807) is 7.05 Å². The zero-order valence-electron chi connectivity index (χ0n) is 13.0. The van der Waals surface area contributed by atoms with E-state index in [9.17, 15) is 9.59 Å². The van der Waals surface area contributed by atoms with E-state index in [-0.39, 0.29) is 17.9 Å². The molecule has 7 heteroatoms. The van der Waals surface area contributed by atoms with Crippen LogP contribution in [0.3, 0.4) is 0 Å². The summed E-state index contributed by atoms with van der Waals surface area (Å²) >= 11 is 0. The van der Waals surface area contributed by atoms with Gasteiger partial charge in [-0.1, -0.05) is 0 Å². The van der Waals surface area contributed by atoms with Crippen molar-refractivity contribution in [3.8, 4) is 0 Å². The Bertz CT molecular complexity index is 621. The number of carbonyl (C=O) groups excluding carboxylic acids is 2. The lowest BCUT2D eigenvalue weighted by Gasteiger charge is -2.27. The van der Waals surface area contributed by atoms with Gasteiger partial charge in [0.2, 0.25) is 5.91 Å². The molecule has 0 aromatic carbocycles. The summed E-state index contributed by atoms with van der Waals surface area (Å²) in [7, 11) is 1.60. The van der Waals surface area contributed by atoms with Crippen LogP contribution in [-0.2, 0) is 16.1 Å². The molecule has 3 heterocycles. The van der Waals surface area contributed by atoms with Gasteiger partial charge in [-0.15, -0.1) is 0 Å². The van der Waals surface area contributed by atoms with Crippen LogP contribution in [-0.4, -0.2) is 56.8 Å². The quantitative estimate of drug-likeness (QED) is 0.829. The maximum absolute atomic E-state index is 12.7. The highest BCUT2D eigenvalue weighted by Gasteiger charge is 2.33. The molecule has 2 amide bonds. The highest BCUT2D eigenvalue weighted by molar-refractivity contribution is 6.39. The van der Waals surface area contributed by atoms with E-state index in [0.29, 0.717) is 25.1 Å². The summed E-state index contributed by atoms with van der Waals surface area (Å²) in [4.78, 5) is 26.0. The number of hydrazone groups is 1. The highest BCUT2D eigenvalue weighted by Crippen LogP contribution is 2.21. The van der Waals surface area contributed by atoms with Crippen molar-refractivity contribution in [3.05, 3.63) is 18.0 Å². The molecule has 1 fully saturated rings. The van der Waals surface area contributed by atoms with Crippen LogP contribution in [0.1, 0.15) is 31.2 Å². The maximum atomic E-state index is 12.7. The van der Waals surface area contributed by atoms with Gasteiger partial charge in [-0.25, -0.2) is 5.01 Å². The number of nitrogens with zero attached hydrogens (tertiary/aromatic N) is 5. The first-order chi connectivity index (χ1) is 10.5. The number of rotatable bonds is 3. The number of carbonyl (C=O) groups is 2. The van der Waals surface area contributed by atoms with Crippen molar-refractivity contribution in [2.24, 2.45) is 5.10 Å². The third-order valence-corrected chi connectivity index (χ3v) is 4.25. The summed E-state index contributed by atoms with van der Waals surface area (Å²) in [6.07, 6.45) is 6.59. The average molecular weight is 303 g/mol. The molecule has 0 N–H and O–H groups in total. The Morgan fingerprint density at radius 2 is 2.23 bits per heavy atom. The zero-order chi connectivity index (χ0) is 15.7. The Kier molecular flexibility index (Phi) is 3.96. The van der Waals surface area contributed by atoms with Crippen LogP contribution in [0.25, 0.3) is 0 Å². The molecule has 2 aliphatic rings. The van der Waals surface area contributed by atoms with E-state index in [4.69, 9.17) is 0 Å². The van der Waals surface area contributed by atoms with Crippen LogP contribution in [0.15, 0.2) is 17.5 Å². The second-order valence-electron chi connectivity index (χ2n) is 6.00. The topological polar surface area (TPSA) is 70.8 Å². The number of aromatic nitrogens is 2. The van der Waals surface area contributed by atoms with Crippen LogP contribution in [0.4, 0.5) is 0 Å². The monoisotopic (exact) mass is 303 g/mol. The van der Waals surface area contributed by atoms with Crippen LogP contribution in [0, 0.1) is 6.92 Å². The lowest BCUT2D eigenvalue weighted by molar-refractivity contribution is -0.130. The van der Waals surface area contributed by atoms with Gasteiger partial charge in [0, 0.05) is 32.6 Å². The van der Waals surface area contributed by atoms with Crippen molar-refractivity contribution < 1.29 is 9.59 Å². The van der Waals surface area contributed by atoms with Crippen molar-refractivity contribution in [3.63, 3.8) is 0 Å². The maximum Gasteiger partial charge on any atom is 0.270 e. The minimum atomic E-state index is -0.0402. The lowest BCUT2D eigenvalue weighted by atomic mass is 10.1. The first-order valence-electron chi connectivity index (χ1n) is 7.68. The molecule has 22 heavy (non-hydrogen) atoms. The molecular weight excluding hydrogens is 282 g/mol. The van der Waals surface area contributed by atoms with Crippen LogP contribution in [0.2, 0.25) is 0 Å². The molecule has 3 rings (SSSR count). The van der Waals surface area contributed by atoms with E-state index in [2.05, 4.69) is 10.2 Å². The molecule has 1 atom stereocenters. The number of aryl methyl sites for hydroxylation is 1. The molecule has 1 aromatic rings. The van der Waals surface area contributed by atoms with Gasteiger partial charge in [0.15, 0.2) is 0 Å². The molecule has 1 saturated heterocycles. The third-order valence-electron chi connectivity index (χ3n) is 4.25. The zero-order valence-corrected chi connectivity index (χ0v) is 13.0. The first-order valence-corrected chi connectivity index (χ1v) is 7.68. The Morgan fingerprint density at radius 3 is 2.91 bits per heavy atom. The van der Waals surface area contributed by atoms with Crippen molar-refractivity contribution in [2.45, 2.75) is 45.2 Å². The van der Waals surface area contributed by atoms with E-state index in [0.717, 1.165) is 24.9 Å². The van der Waals surface area contributed by atoms with E-state index in [1.807, 2.05) is 28.9 Å². The minimum absolute atomic E-state index is 0.0364. The highest BCUT2D eigenvalue weighted by atomic mass is 16.2. The molecule has 7 nitrogen and oxygen atoms in total. The molecule has 1 aromatic heterocycles. The SMILES string of the molecule is Cc1cnn(C[C@@H]2CCCN2C(=O)C2=NN(C)C(=O)CC2)c1. The molecule has 0 saturated carbocycles. The predicted octanol–water partition coefficient (Wildman–Crippen LogP) is 0.791. The third kappa shape index (κ3) is 2.88. The van der Waals surface area contributed by atoms with Gasteiger partial charge in [0.1, 0.15) is 5.71 Å². The largest absolute Gasteiger partial charge is 0.333 e. The first kappa shape index (κ1) is 14.7. The summed E-state index contributed by atoms with van der Waals surface area (Å²) < 4.78 is 1.89. The number of amides is 2. The van der Waals surface area contributed by atoms with E-state index >= 15 is 0 Å². The Hall–Kier alpha value is -2.18. The Morgan fingerprint density at radius 1 is 1.41 bits per heavy atom. The Balaban J connectivity index is 1.71. The Labute approximate surface area is 129 Å². The van der Waals surface area contributed by atoms with Crippen LogP contribution < -0.4 is 0 Å². The summed E-state index contributed by atoms with van der Waals surface area (Å²) in [5.74, 6) is -0.0766. The molecule has 0 bridgehead atoms. The molecule has 2 aliphatic heterocycles. The molecule has 0 unspecified atom stereocenters. The van der Waals surface area contributed by atoms with Crippen molar-refractivity contribution in [1.82, 2.24) is 19.7 Å². The van der Waals surface area contributed by atoms with Gasteiger partial charge < -0.3 is 4.90 Å². The van der Waals surface area contributed by atoms with Crippen LogP contribution >= 0.6 is 0 Å². The van der Waals surface area contributed by atoms with Gasteiger partial charge in [0.25, 0.3) is 5.91 Å². The minimum Gasteiger partial charge on any atom is -0.333 e. The molecule has 118 valence electrons. The summed E-state index contributed by atoms with van der Waals surface area (Å²) in [5, 5.41) is 9.72. The van der Waals surface area contributed by atoms with Crippen LogP contribution in [0.5, 0.6) is 0 Å². The summed E-state index contributed by atoms with van der Waals surface area (Å²) in [5.41, 5.74) is 1.61. The normalized spacial score (nSPS) is 22.2. The van der Waals surface area contributed by atoms with E-state index < -0.39 is 0 Å². The van der Waals surface area contributed by atoms with Gasteiger partial charge in [0.05, 0.1) is 18.8 Å². The van der Waals surface area contributed by atoms with Gasteiger partial charge >= 0.3 is 0 Å². The fourth-order valence-corrected chi connectivity index (χ4v) is 3.07. The van der Waals surface area contributed by atoms with Crippen molar-refractivity contribution >= 4 is 17.5 Å². The van der Waals surface area contributed by atoms with Gasteiger partial charge in [-0.3, -0.25) is 14.3 Å². The standard InChI is InChI=1S/C15H21N5O2/c1-11-8-16-19(9-11)10-12-4-3-7-20(12)15(22)13-5-6-14(21)18(2)17-13/h8-9,12H,3-7,10H2,1-2H3/t12-/m0/s1. The molecule has 0 spiro atoms. The van der Waals surface area contributed by atoms with Crippen molar-refractivity contribution in [1.29, 1.82) is 0 Å². The lowest BCUT2D eigenvalue weighted by Crippen LogP contribution is -2.44. The molecular formula is C15H21N5O2. The fraction of sp³-hybridized carbons (Fsp3) is 0.600. The van der Waals surface area contributed by atoms with E-state index in [1.165, 1.54) is 5.01 Å². The number of likely N-dealkylation sites (tertiary alicyclic amines) is 1.